The highest BCUT2D eigenvalue weighted by Gasteiger charge is 2.19. The molecule has 0 bridgehead atoms. The molecule has 0 aliphatic carbocycles. The van der Waals surface area contributed by atoms with Crippen molar-refractivity contribution in [3.63, 3.8) is 0 Å². The molecule has 3 heteroatoms. The van der Waals surface area contributed by atoms with Crippen molar-refractivity contribution in [3.05, 3.63) is 176 Å². The molecular weight excluding hydrogens is 615 g/mol. The fourth-order valence-electron chi connectivity index (χ4n) is 7.26. The van der Waals surface area contributed by atoms with Crippen LogP contribution in [0.1, 0.15) is 0 Å². The van der Waals surface area contributed by atoms with Crippen LogP contribution in [0.3, 0.4) is 0 Å². The van der Waals surface area contributed by atoms with E-state index in [0.717, 1.165) is 50.1 Å². The fourth-order valence-corrected chi connectivity index (χ4v) is 8.40. The Labute approximate surface area is 287 Å². The van der Waals surface area contributed by atoms with Crippen LogP contribution >= 0.6 is 11.3 Å². The van der Waals surface area contributed by atoms with Crippen molar-refractivity contribution in [3.8, 4) is 22.3 Å². The van der Waals surface area contributed by atoms with Crippen LogP contribution in [0.25, 0.3) is 75.1 Å². The first kappa shape index (κ1) is 27.9. The Morgan fingerprint density at radius 3 is 1.96 bits per heavy atom. The number of hydrogen-bond donors (Lipinski definition) is 0. The molecule has 49 heavy (non-hydrogen) atoms. The molecule has 0 atom stereocenters. The second kappa shape index (κ2) is 11.2. The standard InChI is InChI=1S/C46H29NOS/c1-2-10-32-27-36(24-19-30(32)9-1)47(35-22-17-31(18-23-35)33-20-26-41-40-13-5-8-16-45(40)49-46(41)29-33)42-14-6-3-11-37(42)34-21-25-39-38-12-4-7-15-43(38)48-44(39)28-34/h1-29H. The molecule has 230 valence electrons. The van der Waals surface area contributed by atoms with Gasteiger partial charge < -0.3 is 9.32 Å². The van der Waals surface area contributed by atoms with Gasteiger partial charge in [0.25, 0.3) is 0 Å². The normalized spacial score (nSPS) is 11.7. The third-order valence-corrected chi connectivity index (χ3v) is 10.8. The molecular formula is C46H29NOS. The van der Waals surface area contributed by atoms with Gasteiger partial charge in [-0.2, -0.15) is 0 Å². The third-order valence-electron chi connectivity index (χ3n) is 9.66. The van der Waals surface area contributed by atoms with E-state index in [-0.39, 0.29) is 0 Å². The van der Waals surface area contributed by atoms with E-state index < -0.39 is 0 Å². The first-order valence-corrected chi connectivity index (χ1v) is 17.4. The van der Waals surface area contributed by atoms with Gasteiger partial charge >= 0.3 is 0 Å². The molecule has 0 saturated carbocycles. The summed E-state index contributed by atoms with van der Waals surface area (Å²) in [5.74, 6) is 0. The van der Waals surface area contributed by atoms with E-state index in [2.05, 4.69) is 169 Å². The number of nitrogens with zero attached hydrogens (tertiary/aromatic N) is 1. The van der Waals surface area contributed by atoms with Gasteiger partial charge in [-0.1, -0.05) is 115 Å². The van der Waals surface area contributed by atoms with E-state index in [9.17, 15) is 0 Å². The predicted molar refractivity (Wildman–Crippen MR) is 210 cm³/mol. The van der Waals surface area contributed by atoms with Crippen LogP contribution in [0.2, 0.25) is 0 Å². The van der Waals surface area contributed by atoms with E-state index in [1.165, 1.54) is 42.1 Å². The Bertz CT molecular complexity index is 2840. The summed E-state index contributed by atoms with van der Waals surface area (Å²) >= 11 is 1.86. The van der Waals surface area contributed by atoms with Crippen LogP contribution in [0.15, 0.2) is 180 Å². The largest absolute Gasteiger partial charge is 0.456 e. The Kier molecular flexibility index (Phi) is 6.39. The molecule has 0 amide bonds. The van der Waals surface area contributed by atoms with Gasteiger partial charge in [-0.05, 0) is 88.1 Å². The van der Waals surface area contributed by atoms with Gasteiger partial charge in [-0.25, -0.2) is 0 Å². The average Bonchev–Trinajstić information content (AvgIpc) is 3.73. The van der Waals surface area contributed by atoms with E-state index in [4.69, 9.17) is 4.42 Å². The zero-order chi connectivity index (χ0) is 32.3. The summed E-state index contributed by atoms with van der Waals surface area (Å²) in [4.78, 5) is 2.38. The summed E-state index contributed by atoms with van der Waals surface area (Å²) in [5.41, 5.74) is 9.78. The number of anilines is 3. The maximum atomic E-state index is 6.32. The smallest absolute Gasteiger partial charge is 0.136 e. The highest BCUT2D eigenvalue weighted by molar-refractivity contribution is 7.25. The zero-order valence-corrected chi connectivity index (χ0v) is 27.3. The SMILES string of the molecule is c1ccc(N(c2ccc(-c3ccc4c(c3)sc3ccccc34)cc2)c2ccc3ccccc3c2)c(-c2ccc3c(c2)oc2ccccc23)c1. The van der Waals surface area contributed by atoms with E-state index in [1.807, 2.05) is 23.5 Å². The average molecular weight is 644 g/mol. The summed E-state index contributed by atoms with van der Waals surface area (Å²) in [5, 5.41) is 7.35. The molecule has 0 N–H and O–H groups in total. The molecule has 0 aliphatic rings. The van der Waals surface area contributed by atoms with Gasteiger partial charge in [0.1, 0.15) is 11.2 Å². The van der Waals surface area contributed by atoms with Gasteiger partial charge in [0.15, 0.2) is 0 Å². The molecule has 0 unspecified atom stereocenters. The molecule has 8 aromatic carbocycles. The van der Waals surface area contributed by atoms with E-state index in [1.54, 1.807) is 0 Å². The number of hydrogen-bond acceptors (Lipinski definition) is 3. The van der Waals surface area contributed by atoms with Gasteiger partial charge in [0, 0.05) is 47.9 Å². The molecule has 2 nitrogen and oxygen atoms in total. The van der Waals surface area contributed by atoms with Gasteiger partial charge in [0.05, 0.1) is 5.69 Å². The van der Waals surface area contributed by atoms with Crippen molar-refractivity contribution < 1.29 is 4.42 Å². The fraction of sp³-hybridized carbons (Fsp3) is 0. The minimum Gasteiger partial charge on any atom is -0.456 e. The Morgan fingerprint density at radius 2 is 1.04 bits per heavy atom. The summed E-state index contributed by atoms with van der Waals surface area (Å²) in [6.07, 6.45) is 0. The van der Waals surface area contributed by atoms with Crippen molar-refractivity contribution in [1.82, 2.24) is 0 Å². The number of thiophene rings is 1. The lowest BCUT2D eigenvalue weighted by atomic mass is 9.99. The van der Waals surface area contributed by atoms with E-state index >= 15 is 0 Å². The monoisotopic (exact) mass is 643 g/mol. The molecule has 0 aliphatic heterocycles. The summed E-state index contributed by atoms with van der Waals surface area (Å²) in [6, 6.07) is 63.3. The summed E-state index contributed by atoms with van der Waals surface area (Å²) in [6.45, 7) is 0. The molecule has 0 saturated heterocycles. The molecule has 0 spiro atoms. The van der Waals surface area contributed by atoms with Crippen molar-refractivity contribution in [2.75, 3.05) is 4.90 Å². The van der Waals surface area contributed by atoms with Crippen LogP contribution in [0.4, 0.5) is 17.1 Å². The maximum absolute atomic E-state index is 6.32. The molecule has 2 heterocycles. The first-order chi connectivity index (χ1) is 24.3. The second-order valence-corrected chi connectivity index (χ2v) is 13.6. The Morgan fingerprint density at radius 1 is 0.388 bits per heavy atom. The predicted octanol–water partition coefficient (Wildman–Crippen LogP) is 13.9. The van der Waals surface area contributed by atoms with Crippen molar-refractivity contribution in [2.24, 2.45) is 0 Å². The lowest BCUT2D eigenvalue weighted by Crippen LogP contribution is -2.11. The topological polar surface area (TPSA) is 16.4 Å². The van der Waals surface area contributed by atoms with Crippen LogP contribution in [-0.4, -0.2) is 0 Å². The van der Waals surface area contributed by atoms with Crippen molar-refractivity contribution in [1.29, 1.82) is 0 Å². The molecule has 0 radical (unpaired) electrons. The van der Waals surface area contributed by atoms with Crippen molar-refractivity contribution >= 4 is 81.3 Å². The third kappa shape index (κ3) is 4.70. The first-order valence-electron chi connectivity index (χ1n) is 16.6. The molecule has 10 rings (SSSR count). The number of rotatable bonds is 5. The molecule has 10 aromatic rings. The van der Waals surface area contributed by atoms with Crippen molar-refractivity contribution in [2.45, 2.75) is 0 Å². The van der Waals surface area contributed by atoms with Crippen LogP contribution in [-0.2, 0) is 0 Å². The number of fused-ring (bicyclic) bond motifs is 7. The molecule has 0 fully saturated rings. The number of para-hydroxylation sites is 2. The maximum Gasteiger partial charge on any atom is 0.136 e. The van der Waals surface area contributed by atoms with Gasteiger partial charge in [-0.15, -0.1) is 11.3 Å². The minimum atomic E-state index is 0.894. The Hall–Kier alpha value is -6.16. The summed E-state index contributed by atoms with van der Waals surface area (Å²) < 4.78 is 8.96. The molecule has 2 aromatic heterocycles. The summed E-state index contributed by atoms with van der Waals surface area (Å²) in [7, 11) is 0. The van der Waals surface area contributed by atoms with E-state index in [0.29, 0.717) is 0 Å². The highest BCUT2D eigenvalue weighted by Crippen LogP contribution is 2.43. The van der Waals surface area contributed by atoms with Gasteiger partial charge in [0.2, 0.25) is 0 Å². The highest BCUT2D eigenvalue weighted by atomic mass is 32.1. The number of benzene rings is 8. The second-order valence-electron chi connectivity index (χ2n) is 12.5. The van der Waals surface area contributed by atoms with Crippen LogP contribution < -0.4 is 4.90 Å². The van der Waals surface area contributed by atoms with Crippen LogP contribution in [0, 0.1) is 0 Å². The minimum absolute atomic E-state index is 0.894. The van der Waals surface area contributed by atoms with Gasteiger partial charge in [-0.3, -0.25) is 0 Å². The van der Waals surface area contributed by atoms with Crippen LogP contribution in [0.5, 0.6) is 0 Å². The number of furan rings is 1. The lowest BCUT2D eigenvalue weighted by Gasteiger charge is -2.28. The quantitative estimate of drug-likeness (QED) is 0.186. The lowest BCUT2D eigenvalue weighted by molar-refractivity contribution is 0.669. The zero-order valence-electron chi connectivity index (χ0n) is 26.5. The Balaban J connectivity index is 1.11.